The highest BCUT2D eigenvalue weighted by Gasteiger charge is 2.27. The van der Waals surface area contributed by atoms with Crippen molar-refractivity contribution >= 4 is 15.9 Å². The fourth-order valence-corrected chi connectivity index (χ4v) is 2.53. The number of hydrogen-bond acceptors (Lipinski definition) is 3. The van der Waals surface area contributed by atoms with Crippen LogP contribution in [-0.4, -0.2) is 23.2 Å². The molecule has 1 aliphatic heterocycles. The van der Waals surface area contributed by atoms with Crippen LogP contribution in [0.1, 0.15) is 25.3 Å². The summed E-state index contributed by atoms with van der Waals surface area (Å²) in [6.45, 7) is 2.10. The average molecular weight is 285 g/mol. The largest absolute Gasteiger partial charge is 0.374 e. The molecule has 2 N–H and O–H groups in total. The zero-order valence-corrected chi connectivity index (χ0v) is 11.0. The van der Waals surface area contributed by atoms with E-state index in [2.05, 4.69) is 33.9 Å². The predicted octanol–water partition coefficient (Wildman–Crippen LogP) is 2.28. The van der Waals surface area contributed by atoms with Crippen LogP contribution in [0.3, 0.4) is 0 Å². The van der Waals surface area contributed by atoms with Crippen LogP contribution in [0.25, 0.3) is 0 Å². The van der Waals surface area contributed by atoms with Crippen molar-refractivity contribution in [2.75, 3.05) is 0 Å². The van der Waals surface area contributed by atoms with E-state index < -0.39 is 0 Å². The van der Waals surface area contributed by atoms with Crippen LogP contribution >= 0.6 is 15.9 Å². The van der Waals surface area contributed by atoms with Crippen molar-refractivity contribution in [2.24, 2.45) is 5.73 Å². The number of rotatable bonds is 3. The van der Waals surface area contributed by atoms with Crippen LogP contribution < -0.4 is 5.73 Å². The Morgan fingerprint density at radius 2 is 2.38 bits per heavy atom. The highest BCUT2D eigenvalue weighted by Crippen LogP contribution is 2.22. The van der Waals surface area contributed by atoms with Crippen molar-refractivity contribution in [3.05, 3.63) is 28.5 Å². The van der Waals surface area contributed by atoms with E-state index in [1.165, 1.54) is 0 Å². The minimum Gasteiger partial charge on any atom is -0.374 e. The van der Waals surface area contributed by atoms with Crippen molar-refractivity contribution in [1.29, 1.82) is 0 Å². The van der Waals surface area contributed by atoms with E-state index in [1.54, 1.807) is 6.20 Å². The minimum absolute atomic E-state index is 0.0704. The summed E-state index contributed by atoms with van der Waals surface area (Å²) in [6, 6.07) is 2.13. The molecule has 0 aromatic carbocycles. The van der Waals surface area contributed by atoms with E-state index >= 15 is 0 Å². The number of aromatic nitrogens is 1. The summed E-state index contributed by atoms with van der Waals surface area (Å²) in [4.78, 5) is 4.14. The lowest BCUT2D eigenvalue weighted by Crippen LogP contribution is -2.36. The fraction of sp³-hybridized carbons (Fsp3) is 0.583. The summed E-state index contributed by atoms with van der Waals surface area (Å²) < 4.78 is 6.77. The maximum atomic E-state index is 6.16. The maximum Gasteiger partial charge on any atom is 0.0733 e. The van der Waals surface area contributed by atoms with Gasteiger partial charge in [0.1, 0.15) is 0 Å². The Kier molecular flexibility index (Phi) is 3.95. The Labute approximate surface area is 105 Å². The molecule has 3 unspecified atom stereocenters. The van der Waals surface area contributed by atoms with Gasteiger partial charge < -0.3 is 10.5 Å². The van der Waals surface area contributed by atoms with Crippen LogP contribution in [-0.2, 0) is 11.2 Å². The number of hydrogen-bond donors (Lipinski definition) is 1. The molecule has 1 aliphatic rings. The zero-order chi connectivity index (χ0) is 11.5. The highest BCUT2D eigenvalue weighted by molar-refractivity contribution is 9.10. The summed E-state index contributed by atoms with van der Waals surface area (Å²) in [6.07, 6.45) is 7.22. The second-order valence-corrected chi connectivity index (χ2v) is 5.36. The molecule has 3 nitrogen and oxygen atoms in total. The van der Waals surface area contributed by atoms with E-state index in [0.29, 0.717) is 6.10 Å². The van der Waals surface area contributed by atoms with Gasteiger partial charge in [-0.15, -0.1) is 0 Å². The van der Waals surface area contributed by atoms with E-state index in [4.69, 9.17) is 10.5 Å². The summed E-state index contributed by atoms with van der Waals surface area (Å²) in [5.41, 5.74) is 7.31. The van der Waals surface area contributed by atoms with Gasteiger partial charge in [-0.3, -0.25) is 4.98 Å². The number of pyridine rings is 1. The summed E-state index contributed by atoms with van der Waals surface area (Å²) in [5, 5.41) is 0. The Morgan fingerprint density at radius 3 is 3.00 bits per heavy atom. The van der Waals surface area contributed by atoms with Crippen molar-refractivity contribution in [2.45, 2.75) is 44.4 Å². The van der Waals surface area contributed by atoms with Gasteiger partial charge >= 0.3 is 0 Å². The molecule has 0 amide bonds. The molecule has 0 bridgehead atoms. The molecule has 0 aliphatic carbocycles. The summed E-state index contributed by atoms with van der Waals surface area (Å²) in [7, 11) is 0. The quantitative estimate of drug-likeness (QED) is 0.927. The first-order valence-electron chi connectivity index (χ1n) is 5.65. The van der Waals surface area contributed by atoms with Gasteiger partial charge in [-0.2, -0.15) is 0 Å². The molecule has 0 radical (unpaired) electrons. The van der Waals surface area contributed by atoms with Crippen molar-refractivity contribution in [3.63, 3.8) is 0 Å². The van der Waals surface area contributed by atoms with Crippen LogP contribution in [0.4, 0.5) is 0 Å². The Hall–Kier alpha value is -0.450. The molecule has 3 atom stereocenters. The Morgan fingerprint density at radius 1 is 1.56 bits per heavy atom. The molecular formula is C12H17BrN2O. The highest BCUT2D eigenvalue weighted by atomic mass is 79.9. The smallest absolute Gasteiger partial charge is 0.0733 e. The number of nitrogens with zero attached hydrogens (tertiary/aromatic N) is 1. The van der Waals surface area contributed by atoms with E-state index in [9.17, 15) is 0 Å². The fourth-order valence-electron chi connectivity index (χ4n) is 2.12. The molecule has 1 aromatic heterocycles. The first kappa shape index (κ1) is 12.0. The third-order valence-electron chi connectivity index (χ3n) is 2.98. The zero-order valence-electron chi connectivity index (χ0n) is 9.40. The van der Waals surface area contributed by atoms with Crippen molar-refractivity contribution < 1.29 is 4.74 Å². The molecule has 2 heterocycles. The minimum atomic E-state index is 0.0704. The molecular weight excluding hydrogens is 268 g/mol. The Balaban J connectivity index is 1.94. The first-order valence-corrected chi connectivity index (χ1v) is 6.45. The van der Waals surface area contributed by atoms with E-state index in [0.717, 1.165) is 29.3 Å². The molecule has 2 rings (SSSR count). The van der Waals surface area contributed by atoms with Gasteiger partial charge in [-0.05, 0) is 53.7 Å². The lowest BCUT2D eigenvalue weighted by molar-refractivity contribution is 0.0404. The molecule has 4 heteroatoms. The number of ether oxygens (including phenoxy) is 1. The van der Waals surface area contributed by atoms with Crippen molar-refractivity contribution in [3.8, 4) is 0 Å². The maximum absolute atomic E-state index is 6.16. The third kappa shape index (κ3) is 3.03. The normalized spacial score (nSPS) is 26.9. The molecule has 1 saturated heterocycles. The number of nitrogens with two attached hydrogens (primary N) is 1. The van der Waals surface area contributed by atoms with E-state index in [1.807, 2.05) is 6.20 Å². The molecule has 16 heavy (non-hydrogen) atoms. The Bertz CT molecular complexity index is 359. The predicted molar refractivity (Wildman–Crippen MR) is 67.2 cm³/mol. The van der Waals surface area contributed by atoms with Crippen LogP contribution in [0.5, 0.6) is 0 Å². The molecule has 88 valence electrons. The van der Waals surface area contributed by atoms with Crippen LogP contribution in [0, 0.1) is 0 Å². The average Bonchev–Trinajstić information content (AvgIpc) is 2.65. The van der Waals surface area contributed by atoms with Gasteiger partial charge in [-0.25, -0.2) is 0 Å². The molecule has 1 aromatic rings. The monoisotopic (exact) mass is 284 g/mol. The van der Waals surface area contributed by atoms with Gasteiger partial charge in [0, 0.05) is 22.9 Å². The lowest BCUT2D eigenvalue weighted by Gasteiger charge is -2.19. The third-order valence-corrected chi connectivity index (χ3v) is 3.41. The van der Waals surface area contributed by atoms with Crippen LogP contribution in [0.2, 0.25) is 0 Å². The molecule has 0 spiro atoms. The second-order valence-electron chi connectivity index (χ2n) is 4.44. The van der Waals surface area contributed by atoms with Gasteiger partial charge in [0.2, 0.25) is 0 Å². The molecule has 1 fully saturated rings. The second kappa shape index (κ2) is 5.25. The molecule has 0 saturated carbocycles. The standard InChI is InChI=1S/C12H17BrN2O/c1-8-2-3-12(16-8)11(14)5-9-4-10(13)7-15-6-9/h4,6-8,11-12H,2-3,5,14H2,1H3. The van der Waals surface area contributed by atoms with Gasteiger partial charge in [0.25, 0.3) is 0 Å². The SMILES string of the molecule is CC1CCC(C(N)Cc2cncc(Br)c2)O1. The summed E-state index contributed by atoms with van der Waals surface area (Å²) in [5.74, 6) is 0. The van der Waals surface area contributed by atoms with Gasteiger partial charge in [0.15, 0.2) is 0 Å². The van der Waals surface area contributed by atoms with Gasteiger partial charge in [0.05, 0.1) is 12.2 Å². The van der Waals surface area contributed by atoms with Gasteiger partial charge in [-0.1, -0.05) is 0 Å². The number of halogens is 1. The van der Waals surface area contributed by atoms with Crippen molar-refractivity contribution in [1.82, 2.24) is 4.98 Å². The summed E-state index contributed by atoms with van der Waals surface area (Å²) >= 11 is 3.41. The topological polar surface area (TPSA) is 48.1 Å². The first-order chi connectivity index (χ1) is 7.65. The van der Waals surface area contributed by atoms with E-state index in [-0.39, 0.29) is 12.1 Å². The lowest BCUT2D eigenvalue weighted by atomic mass is 10.0. The van der Waals surface area contributed by atoms with Crippen LogP contribution in [0.15, 0.2) is 22.9 Å².